The van der Waals surface area contributed by atoms with Gasteiger partial charge in [-0.25, -0.2) is 0 Å². The number of phenols is 1. The number of aryl methyl sites for hydroxylation is 2. The molecule has 0 unspecified atom stereocenters. The van der Waals surface area contributed by atoms with Crippen LogP contribution in [0.15, 0.2) is 40.4 Å². The average molecular weight is 415 g/mol. The summed E-state index contributed by atoms with van der Waals surface area (Å²) < 4.78 is 5.89. The number of anilines is 1. The fourth-order valence-electron chi connectivity index (χ4n) is 2.26. The van der Waals surface area contributed by atoms with E-state index in [1.807, 2.05) is 32.0 Å². The number of carbonyl (C=O) groups is 1. The second-order valence-electron chi connectivity index (χ2n) is 5.70. The van der Waals surface area contributed by atoms with Gasteiger partial charge >= 0.3 is 0 Å². The molecule has 134 valence electrons. The monoisotopic (exact) mass is 414 g/mol. The molecular weight excluding hydrogens is 396 g/mol. The summed E-state index contributed by atoms with van der Waals surface area (Å²) in [5.41, 5.74) is 3.29. The maximum absolute atomic E-state index is 12.4. The van der Waals surface area contributed by atoms with Gasteiger partial charge in [-0.15, -0.1) is 0 Å². The molecule has 5 nitrogen and oxygen atoms in total. The molecule has 2 aromatic rings. The number of carbonyl (C=O) groups excluding carboxylic acids is 1. The highest BCUT2D eigenvalue weighted by molar-refractivity contribution is 9.10. The maximum Gasteiger partial charge on any atom is 0.266 e. The van der Waals surface area contributed by atoms with E-state index in [-0.39, 0.29) is 17.1 Å². The van der Waals surface area contributed by atoms with Crippen molar-refractivity contribution in [3.63, 3.8) is 0 Å². The number of benzene rings is 2. The molecule has 2 rings (SSSR count). The Bertz CT molecular complexity index is 914. The lowest BCUT2D eigenvalue weighted by atomic mass is 10.1. The van der Waals surface area contributed by atoms with Crippen molar-refractivity contribution in [2.24, 2.45) is 0 Å². The summed E-state index contributed by atoms with van der Waals surface area (Å²) in [4.78, 5) is 12.4. The third-order valence-electron chi connectivity index (χ3n) is 3.81. The fourth-order valence-corrected chi connectivity index (χ4v) is 2.71. The number of nitrogens with one attached hydrogen (secondary N) is 1. The summed E-state index contributed by atoms with van der Waals surface area (Å²) in [6, 6.07) is 10.5. The van der Waals surface area contributed by atoms with Crippen LogP contribution in [-0.2, 0) is 4.79 Å². The molecule has 0 aliphatic heterocycles. The number of phenolic OH excluding ortho intramolecular Hbond substituents is 1. The van der Waals surface area contributed by atoms with Crippen LogP contribution in [0.1, 0.15) is 23.6 Å². The van der Waals surface area contributed by atoms with Gasteiger partial charge in [0.1, 0.15) is 11.6 Å². The van der Waals surface area contributed by atoms with Gasteiger partial charge in [-0.05, 0) is 67.8 Å². The zero-order chi connectivity index (χ0) is 19.3. The lowest BCUT2D eigenvalue weighted by molar-refractivity contribution is -0.112. The molecule has 0 radical (unpaired) electrons. The zero-order valence-electron chi connectivity index (χ0n) is 14.8. The van der Waals surface area contributed by atoms with E-state index in [9.17, 15) is 15.2 Å². The molecule has 1 amide bonds. The summed E-state index contributed by atoms with van der Waals surface area (Å²) in [7, 11) is 0. The van der Waals surface area contributed by atoms with Crippen LogP contribution in [0.3, 0.4) is 0 Å². The van der Waals surface area contributed by atoms with Crippen molar-refractivity contribution in [1.29, 1.82) is 5.26 Å². The molecule has 0 heterocycles. The standard InChI is InChI=1S/C20H19BrN2O3/c1-4-26-19-9-14(17(21)10-18(19)24)8-15(11-22)20(25)23-16-6-5-12(2)13(3)7-16/h5-10,24H,4H2,1-3H3,(H,23,25)/b15-8+. The first-order chi connectivity index (χ1) is 12.3. The summed E-state index contributed by atoms with van der Waals surface area (Å²) in [5.74, 6) is -0.239. The molecular formula is C20H19BrN2O3. The molecule has 0 aliphatic carbocycles. The van der Waals surface area contributed by atoms with Crippen LogP contribution in [0, 0.1) is 25.2 Å². The summed E-state index contributed by atoms with van der Waals surface area (Å²) >= 11 is 3.32. The fraction of sp³-hybridized carbons (Fsp3) is 0.200. The zero-order valence-corrected chi connectivity index (χ0v) is 16.3. The number of hydrogen-bond donors (Lipinski definition) is 2. The number of rotatable bonds is 5. The van der Waals surface area contributed by atoms with E-state index >= 15 is 0 Å². The number of ether oxygens (including phenoxy) is 1. The Balaban J connectivity index is 2.32. The van der Waals surface area contributed by atoms with Crippen molar-refractivity contribution in [2.75, 3.05) is 11.9 Å². The molecule has 6 heteroatoms. The lowest BCUT2D eigenvalue weighted by Gasteiger charge is -2.10. The summed E-state index contributed by atoms with van der Waals surface area (Å²) in [6.07, 6.45) is 1.45. The van der Waals surface area contributed by atoms with E-state index in [0.29, 0.717) is 22.3 Å². The predicted octanol–water partition coefficient (Wildman–Crippen LogP) is 4.72. The second kappa shape index (κ2) is 8.54. The second-order valence-corrected chi connectivity index (χ2v) is 6.55. The molecule has 0 saturated heterocycles. The summed E-state index contributed by atoms with van der Waals surface area (Å²) in [6.45, 7) is 6.13. The van der Waals surface area contributed by atoms with Crippen molar-refractivity contribution >= 4 is 33.6 Å². The Morgan fingerprint density at radius 1 is 1.31 bits per heavy atom. The number of halogens is 1. The molecule has 2 aromatic carbocycles. The van der Waals surface area contributed by atoms with Crippen LogP contribution >= 0.6 is 15.9 Å². The van der Waals surface area contributed by atoms with Crippen LogP contribution in [0.2, 0.25) is 0 Å². The highest BCUT2D eigenvalue weighted by atomic mass is 79.9. The van der Waals surface area contributed by atoms with Crippen LogP contribution in [0.5, 0.6) is 11.5 Å². The molecule has 26 heavy (non-hydrogen) atoms. The van der Waals surface area contributed by atoms with Gasteiger partial charge in [-0.3, -0.25) is 4.79 Å². The van der Waals surface area contributed by atoms with Crippen molar-refractivity contribution in [3.05, 3.63) is 57.1 Å². The number of nitrogens with zero attached hydrogens (tertiary/aromatic N) is 1. The molecule has 2 N–H and O–H groups in total. The van der Waals surface area contributed by atoms with Crippen LogP contribution in [0.4, 0.5) is 5.69 Å². The first-order valence-corrected chi connectivity index (χ1v) is 8.80. The molecule has 0 fully saturated rings. The molecule has 0 atom stereocenters. The van der Waals surface area contributed by atoms with Crippen molar-refractivity contribution in [1.82, 2.24) is 0 Å². The minimum Gasteiger partial charge on any atom is -0.504 e. The predicted molar refractivity (Wildman–Crippen MR) is 105 cm³/mol. The van der Waals surface area contributed by atoms with Gasteiger partial charge in [0.2, 0.25) is 0 Å². The number of nitriles is 1. The molecule has 0 aliphatic rings. The summed E-state index contributed by atoms with van der Waals surface area (Å²) in [5, 5.41) is 22.0. The highest BCUT2D eigenvalue weighted by Gasteiger charge is 2.13. The van der Waals surface area contributed by atoms with Crippen molar-refractivity contribution < 1.29 is 14.6 Å². The van der Waals surface area contributed by atoms with E-state index < -0.39 is 5.91 Å². The largest absolute Gasteiger partial charge is 0.504 e. The van der Waals surface area contributed by atoms with Crippen LogP contribution < -0.4 is 10.1 Å². The molecule has 0 saturated carbocycles. The molecule has 0 aromatic heterocycles. The van der Waals surface area contributed by atoms with E-state index in [2.05, 4.69) is 21.2 Å². The third kappa shape index (κ3) is 4.64. The number of hydrogen-bond acceptors (Lipinski definition) is 4. The Hall–Kier alpha value is -2.78. The normalized spacial score (nSPS) is 11.0. The van der Waals surface area contributed by atoms with Crippen molar-refractivity contribution in [3.8, 4) is 17.6 Å². The molecule has 0 bridgehead atoms. The topological polar surface area (TPSA) is 82.3 Å². The van der Waals surface area contributed by atoms with Gasteiger partial charge in [-0.1, -0.05) is 22.0 Å². The average Bonchev–Trinajstić information content (AvgIpc) is 2.59. The van der Waals surface area contributed by atoms with Gasteiger partial charge in [0, 0.05) is 10.2 Å². The Morgan fingerprint density at radius 2 is 2.04 bits per heavy atom. The molecule has 0 spiro atoms. The van der Waals surface area contributed by atoms with E-state index in [0.717, 1.165) is 11.1 Å². The SMILES string of the molecule is CCOc1cc(/C=C(\C#N)C(=O)Nc2ccc(C)c(C)c2)c(Br)cc1O. The Morgan fingerprint density at radius 3 is 2.65 bits per heavy atom. The number of amides is 1. The number of aromatic hydroxyl groups is 1. The Labute approximate surface area is 161 Å². The van der Waals surface area contributed by atoms with Gasteiger partial charge in [0.15, 0.2) is 11.5 Å². The van der Waals surface area contributed by atoms with E-state index in [1.165, 1.54) is 12.1 Å². The van der Waals surface area contributed by atoms with E-state index in [4.69, 9.17) is 4.74 Å². The Kier molecular flexibility index (Phi) is 6.42. The lowest BCUT2D eigenvalue weighted by Crippen LogP contribution is -2.13. The van der Waals surface area contributed by atoms with Gasteiger partial charge < -0.3 is 15.2 Å². The van der Waals surface area contributed by atoms with Crippen LogP contribution in [0.25, 0.3) is 6.08 Å². The first-order valence-electron chi connectivity index (χ1n) is 8.01. The quantitative estimate of drug-likeness (QED) is 0.547. The van der Waals surface area contributed by atoms with Crippen molar-refractivity contribution in [2.45, 2.75) is 20.8 Å². The first kappa shape index (κ1) is 19.5. The third-order valence-corrected chi connectivity index (χ3v) is 4.49. The van der Waals surface area contributed by atoms with Crippen LogP contribution in [-0.4, -0.2) is 17.6 Å². The van der Waals surface area contributed by atoms with Gasteiger partial charge in [-0.2, -0.15) is 5.26 Å². The van der Waals surface area contributed by atoms with E-state index in [1.54, 1.807) is 19.1 Å². The van der Waals surface area contributed by atoms with Gasteiger partial charge in [0.25, 0.3) is 5.91 Å². The van der Waals surface area contributed by atoms with Gasteiger partial charge in [0.05, 0.1) is 6.61 Å². The minimum absolute atomic E-state index is 0.0195. The smallest absolute Gasteiger partial charge is 0.266 e. The highest BCUT2D eigenvalue weighted by Crippen LogP contribution is 2.33. The maximum atomic E-state index is 12.4. The minimum atomic E-state index is -0.506.